The van der Waals surface area contributed by atoms with Crippen LogP contribution in [0.4, 0.5) is 5.69 Å². The fourth-order valence-electron chi connectivity index (χ4n) is 4.43. The summed E-state index contributed by atoms with van der Waals surface area (Å²) >= 11 is 0. The van der Waals surface area contributed by atoms with Gasteiger partial charge in [0.1, 0.15) is 0 Å². The minimum absolute atomic E-state index is 0.0680. The standard InChI is InChI=1S/C18H26N4O5/c1-3-22-9-12(15(21-22)17(24)19-6-7-27-2)20-16(23)13-10-4-5-11(8-10)14(13)18(25)26/h9-11,13-14H,3-8H2,1-2H3,(H,19,24)(H,20,23)(H,25,26)/t10-,11-,13-,14+/m0/s1. The quantitative estimate of drug-likeness (QED) is 0.579. The Balaban J connectivity index is 1.76. The molecule has 0 aliphatic heterocycles. The molecule has 2 aliphatic carbocycles. The summed E-state index contributed by atoms with van der Waals surface area (Å²) in [6, 6.07) is 0. The molecule has 0 aromatic carbocycles. The Bertz CT molecular complexity index is 731. The summed E-state index contributed by atoms with van der Waals surface area (Å²) in [5.41, 5.74) is 0.431. The third kappa shape index (κ3) is 3.83. The van der Waals surface area contributed by atoms with Gasteiger partial charge in [-0.1, -0.05) is 0 Å². The molecule has 1 aromatic rings. The number of carboxylic acids is 1. The van der Waals surface area contributed by atoms with Crippen molar-refractivity contribution in [3.8, 4) is 0 Å². The molecule has 4 atom stereocenters. The number of amides is 2. The van der Waals surface area contributed by atoms with E-state index in [1.54, 1.807) is 10.9 Å². The Morgan fingerprint density at radius 2 is 2.00 bits per heavy atom. The van der Waals surface area contributed by atoms with Crippen LogP contribution in [0.1, 0.15) is 36.7 Å². The Hall–Kier alpha value is -2.42. The summed E-state index contributed by atoms with van der Waals surface area (Å²) in [7, 11) is 1.54. The SMILES string of the molecule is CCn1cc(NC(=O)[C@H]2[C@H]3CC[C@@H](C3)[C@H]2C(=O)O)c(C(=O)NCCOC)n1. The van der Waals surface area contributed by atoms with Crippen molar-refractivity contribution in [1.29, 1.82) is 0 Å². The van der Waals surface area contributed by atoms with Gasteiger partial charge in [0.25, 0.3) is 5.91 Å². The molecule has 0 saturated heterocycles. The van der Waals surface area contributed by atoms with Gasteiger partial charge in [0, 0.05) is 26.4 Å². The molecule has 2 aliphatic rings. The van der Waals surface area contributed by atoms with Gasteiger partial charge >= 0.3 is 5.97 Å². The van der Waals surface area contributed by atoms with E-state index in [1.807, 2.05) is 6.92 Å². The van der Waals surface area contributed by atoms with Gasteiger partial charge < -0.3 is 20.5 Å². The Morgan fingerprint density at radius 3 is 2.63 bits per heavy atom. The average Bonchev–Trinajstić information content (AvgIpc) is 3.35. The van der Waals surface area contributed by atoms with E-state index >= 15 is 0 Å². The van der Waals surface area contributed by atoms with Crippen LogP contribution >= 0.6 is 0 Å². The zero-order valence-electron chi connectivity index (χ0n) is 15.6. The number of aliphatic carboxylic acids is 1. The maximum absolute atomic E-state index is 12.9. The lowest BCUT2D eigenvalue weighted by Gasteiger charge is -2.26. The lowest BCUT2D eigenvalue weighted by molar-refractivity contribution is -0.148. The first kappa shape index (κ1) is 19.3. The molecule has 3 rings (SSSR count). The summed E-state index contributed by atoms with van der Waals surface area (Å²) in [4.78, 5) is 36.9. The van der Waals surface area contributed by atoms with Gasteiger partial charge in [-0.25, -0.2) is 0 Å². The zero-order valence-corrected chi connectivity index (χ0v) is 15.6. The molecule has 1 aromatic heterocycles. The summed E-state index contributed by atoms with van der Waals surface area (Å²) in [5.74, 6) is -2.70. The van der Waals surface area contributed by atoms with E-state index in [0.717, 1.165) is 19.3 Å². The van der Waals surface area contributed by atoms with Gasteiger partial charge in [0.05, 0.1) is 24.1 Å². The van der Waals surface area contributed by atoms with Gasteiger partial charge in [-0.3, -0.25) is 19.1 Å². The number of methoxy groups -OCH3 is 1. The number of carbonyl (C=O) groups is 3. The molecule has 27 heavy (non-hydrogen) atoms. The molecule has 0 radical (unpaired) electrons. The molecule has 0 spiro atoms. The number of aromatic nitrogens is 2. The van der Waals surface area contributed by atoms with Crippen LogP contribution in [-0.4, -0.2) is 52.9 Å². The van der Waals surface area contributed by atoms with E-state index in [4.69, 9.17) is 4.74 Å². The van der Waals surface area contributed by atoms with Crippen LogP contribution in [-0.2, 0) is 20.9 Å². The van der Waals surface area contributed by atoms with Crippen molar-refractivity contribution >= 4 is 23.5 Å². The second kappa shape index (κ2) is 8.08. The first-order valence-corrected chi connectivity index (χ1v) is 9.34. The van der Waals surface area contributed by atoms with Crippen molar-refractivity contribution in [3.05, 3.63) is 11.9 Å². The molecule has 148 valence electrons. The number of hydrogen-bond acceptors (Lipinski definition) is 5. The minimum Gasteiger partial charge on any atom is -0.481 e. The van der Waals surface area contributed by atoms with Gasteiger partial charge in [0.2, 0.25) is 5.91 Å². The summed E-state index contributed by atoms with van der Waals surface area (Å²) < 4.78 is 6.48. The number of nitrogens with one attached hydrogen (secondary N) is 2. The number of fused-ring (bicyclic) bond motifs is 2. The van der Waals surface area contributed by atoms with Crippen molar-refractivity contribution in [2.45, 2.75) is 32.7 Å². The number of carboxylic acid groups (broad SMARTS) is 1. The summed E-state index contributed by atoms with van der Waals surface area (Å²) in [6.45, 7) is 3.12. The van der Waals surface area contributed by atoms with E-state index in [9.17, 15) is 19.5 Å². The Labute approximate surface area is 157 Å². The molecule has 2 amide bonds. The van der Waals surface area contributed by atoms with Crippen molar-refractivity contribution in [1.82, 2.24) is 15.1 Å². The van der Waals surface area contributed by atoms with Gasteiger partial charge in [-0.2, -0.15) is 5.10 Å². The van der Waals surface area contributed by atoms with E-state index in [1.165, 1.54) is 7.11 Å². The predicted molar refractivity (Wildman–Crippen MR) is 96.2 cm³/mol. The minimum atomic E-state index is -0.913. The van der Waals surface area contributed by atoms with Crippen molar-refractivity contribution < 1.29 is 24.2 Å². The van der Waals surface area contributed by atoms with E-state index in [2.05, 4.69) is 15.7 Å². The molecule has 0 unspecified atom stereocenters. The highest BCUT2D eigenvalue weighted by Crippen LogP contribution is 2.52. The molecule has 2 saturated carbocycles. The second-order valence-corrected chi connectivity index (χ2v) is 7.21. The fourth-order valence-corrected chi connectivity index (χ4v) is 4.43. The van der Waals surface area contributed by atoms with Gasteiger partial charge in [-0.15, -0.1) is 0 Å². The molecule has 9 heteroatoms. The highest BCUT2D eigenvalue weighted by atomic mass is 16.5. The molecule has 1 heterocycles. The number of carbonyl (C=O) groups excluding carboxylic acids is 2. The number of anilines is 1. The monoisotopic (exact) mass is 378 g/mol. The van der Waals surface area contributed by atoms with Crippen molar-refractivity contribution in [2.75, 3.05) is 25.6 Å². The highest BCUT2D eigenvalue weighted by Gasteiger charge is 2.54. The van der Waals surface area contributed by atoms with E-state index in [-0.39, 0.29) is 23.4 Å². The second-order valence-electron chi connectivity index (χ2n) is 7.21. The zero-order chi connectivity index (χ0) is 19.6. The maximum Gasteiger partial charge on any atom is 0.307 e. The lowest BCUT2D eigenvalue weighted by Crippen LogP contribution is -2.38. The topological polar surface area (TPSA) is 123 Å². The number of rotatable bonds is 8. The maximum atomic E-state index is 12.9. The van der Waals surface area contributed by atoms with Gasteiger partial charge in [-0.05, 0) is 38.0 Å². The number of aryl methyl sites for hydroxylation is 1. The van der Waals surface area contributed by atoms with Crippen LogP contribution in [0, 0.1) is 23.7 Å². The molecule has 2 fully saturated rings. The van der Waals surface area contributed by atoms with E-state index < -0.39 is 23.7 Å². The average molecular weight is 378 g/mol. The lowest BCUT2D eigenvalue weighted by atomic mass is 9.78. The fraction of sp³-hybridized carbons (Fsp3) is 0.667. The molecule has 3 N–H and O–H groups in total. The van der Waals surface area contributed by atoms with Crippen LogP contribution in [0.15, 0.2) is 6.20 Å². The summed E-state index contributed by atoms with van der Waals surface area (Å²) in [6.07, 6.45) is 4.14. The smallest absolute Gasteiger partial charge is 0.307 e. The molecular formula is C18H26N4O5. The first-order valence-electron chi connectivity index (χ1n) is 9.34. The van der Waals surface area contributed by atoms with E-state index in [0.29, 0.717) is 25.4 Å². The number of ether oxygens (including phenoxy) is 1. The van der Waals surface area contributed by atoms with Crippen LogP contribution in [0.25, 0.3) is 0 Å². The normalized spacial score (nSPS) is 26.1. The first-order chi connectivity index (χ1) is 13.0. The van der Waals surface area contributed by atoms with Crippen molar-refractivity contribution in [3.63, 3.8) is 0 Å². The highest BCUT2D eigenvalue weighted by molar-refractivity contribution is 6.03. The third-order valence-electron chi connectivity index (χ3n) is 5.65. The Morgan fingerprint density at radius 1 is 1.30 bits per heavy atom. The number of hydrogen-bond donors (Lipinski definition) is 3. The third-order valence-corrected chi connectivity index (χ3v) is 5.65. The molecular weight excluding hydrogens is 352 g/mol. The van der Waals surface area contributed by atoms with Gasteiger partial charge in [0.15, 0.2) is 5.69 Å². The largest absolute Gasteiger partial charge is 0.481 e. The number of nitrogens with zero attached hydrogens (tertiary/aromatic N) is 2. The Kier molecular flexibility index (Phi) is 5.79. The summed E-state index contributed by atoms with van der Waals surface area (Å²) in [5, 5.41) is 19.2. The van der Waals surface area contributed by atoms with Crippen LogP contribution in [0.3, 0.4) is 0 Å². The van der Waals surface area contributed by atoms with Crippen LogP contribution < -0.4 is 10.6 Å². The molecule has 9 nitrogen and oxygen atoms in total. The van der Waals surface area contributed by atoms with Crippen LogP contribution in [0.2, 0.25) is 0 Å². The van der Waals surface area contributed by atoms with Crippen molar-refractivity contribution in [2.24, 2.45) is 23.7 Å². The molecule has 2 bridgehead atoms. The van der Waals surface area contributed by atoms with Crippen LogP contribution in [0.5, 0.6) is 0 Å². The predicted octanol–water partition coefficient (Wildman–Crippen LogP) is 0.965.